The van der Waals surface area contributed by atoms with Crippen molar-refractivity contribution in [3.8, 4) is 5.75 Å². The first-order valence-corrected chi connectivity index (χ1v) is 6.75. The molecule has 1 aromatic rings. The van der Waals surface area contributed by atoms with Crippen LogP contribution < -0.4 is 10.1 Å². The topological polar surface area (TPSA) is 64.4 Å². The van der Waals surface area contributed by atoms with Gasteiger partial charge in [-0.2, -0.15) is 0 Å². The molecule has 18 heavy (non-hydrogen) atoms. The lowest BCUT2D eigenvalue weighted by atomic mass is 10.1. The van der Waals surface area contributed by atoms with Crippen molar-refractivity contribution < 1.29 is 9.66 Å². The standard InChI is InChI=1S/C12H15BrN2O3/c13-9-5-11(15(16)17)7-12(6-9)18-8-10-3-1-2-4-14-10/h5-7,10,14H,1-4,8H2. The number of nitro benzene ring substituents is 1. The van der Waals surface area contributed by atoms with E-state index in [4.69, 9.17) is 4.74 Å². The summed E-state index contributed by atoms with van der Waals surface area (Å²) in [6.45, 7) is 1.57. The smallest absolute Gasteiger partial charge is 0.274 e. The monoisotopic (exact) mass is 314 g/mol. The van der Waals surface area contributed by atoms with Gasteiger partial charge < -0.3 is 10.1 Å². The molecule has 0 aliphatic carbocycles. The number of nitrogens with zero attached hydrogens (tertiary/aromatic N) is 1. The number of nitro groups is 1. The maximum atomic E-state index is 10.7. The van der Waals surface area contributed by atoms with Crippen LogP contribution >= 0.6 is 15.9 Å². The first-order chi connectivity index (χ1) is 8.65. The quantitative estimate of drug-likeness (QED) is 0.685. The van der Waals surface area contributed by atoms with Crippen LogP contribution in [0.1, 0.15) is 19.3 Å². The predicted octanol–water partition coefficient (Wildman–Crippen LogP) is 2.88. The minimum atomic E-state index is -0.420. The highest BCUT2D eigenvalue weighted by Crippen LogP contribution is 2.26. The van der Waals surface area contributed by atoms with Gasteiger partial charge in [0.1, 0.15) is 12.4 Å². The second-order valence-electron chi connectivity index (χ2n) is 4.36. The van der Waals surface area contributed by atoms with E-state index < -0.39 is 4.92 Å². The van der Waals surface area contributed by atoms with Gasteiger partial charge >= 0.3 is 0 Å². The van der Waals surface area contributed by atoms with Gasteiger partial charge in [0, 0.05) is 16.6 Å². The number of halogens is 1. The van der Waals surface area contributed by atoms with E-state index in [0.29, 0.717) is 22.9 Å². The summed E-state index contributed by atoms with van der Waals surface area (Å²) in [7, 11) is 0. The molecule has 1 saturated heterocycles. The summed E-state index contributed by atoms with van der Waals surface area (Å²) >= 11 is 3.25. The Labute approximate surface area is 114 Å². The van der Waals surface area contributed by atoms with Gasteiger partial charge in [-0.1, -0.05) is 22.4 Å². The number of hydrogen-bond acceptors (Lipinski definition) is 4. The zero-order valence-electron chi connectivity index (χ0n) is 9.89. The molecule has 0 saturated carbocycles. The number of non-ortho nitro benzene ring substituents is 1. The van der Waals surface area contributed by atoms with Crippen LogP contribution in [0.5, 0.6) is 5.75 Å². The molecular formula is C12H15BrN2O3. The summed E-state index contributed by atoms with van der Waals surface area (Å²) in [5, 5.41) is 14.1. The van der Waals surface area contributed by atoms with Gasteiger partial charge in [0.05, 0.1) is 11.0 Å². The first kappa shape index (κ1) is 13.3. The van der Waals surface area contributed by atoms with E-state index in [0.717, 1.165) is 13.0 Å². The van der Waals surface area contributed by atoms with Gasteiger partial charge in [-0.05, 0) is 25.5 Å². The lowest BCUT2D eigenvalue weighted by Crippen LogP contribution is -2.38. The zero-order valence-corrected chi connectivity index (χ0v) is 11.5. The van der Waals surface area contributed by atoms with E-state index >= 15 is 0 Å². The Morgan fingerprint density at radius 3 is 2.94 bits per heavy atom. The largest absolute Gasteiger partial charge is 0.492 e. The molecule has 0 amide bonds. The Morgan fingerprint density at radius 2 is 2.28 bits per heavy atom. The van der Waals surface area contributed by atoms with Gasteiger partial charge in [-0.25, -0.2) is 0 Å². The average molecular weight is 315 g/mol. The first-order valence-electron chi connectivity index (χ1n) is 5.96. The lowest BCUT2D eigenvalue weighted by molar-refractivity contribution is -0.385. The van der Waals surface area contributed by atoms with E-state index in [1.54, 1.807) is 6.07 Å². The van der Waals surface area contributed by atoms with Crippen molar-refractivity contribution in [1.82, 2.24) is 5.32 Å². The molecule has 1 unspecified atom stereocenters. The third-order valence-electron chi connectivity index (χ3n) is 2.93. The van der Waals surface area contributed by atoms with Crippen LogP contribution in [-0.2, 0) is 0 Å². The summed E-state index contributed by atoms with van der Waals surface area (Å²) in [5.74, 6) is 0.531. The molecule has 1 fully saturated rings. The van der Waals surface area contributed by atoms with Crippen molar-refractivity contribution in [1.29, 1.82) is 0 Å². The fourth-order valence-corrected chi connectivity index (χ4v) is 2.46. The van der Waals surface area contributed by atoms with Crippen LogP contribution in [0.3, 0.4) is 0 Å². The van der Waals surface area contributed by atoms with Gasteiger partial charge in [0.25, 0.3) is 5.69 Å². The zero-order chi connectivity index (χ0) is 13.0. The molecule has 1 N–H and O–H groups in total. The number of piperidine rings is 1. The second kappa shape index (κ2) is 6.15. The Bertz CT molecular complexity index is 433. The van der Waals surface area contributed by atoms with Gasteiger partial charge in [-0.15, -0.1) is 0 Å². The van der Waals surface area contributed by atoms with Crippen LogP contribution in [0.15, 0.2) is 22.7 Å². The molecule has 6 heteroatoms. The number of nitrogens with one attached hydrogen (secondary N) is 1. The molecule has 98 valence electrons. The molecular weight excluding hydrogens is 300 g/mol. The Hall–Kier alpha value is -1.14. The van der Waals surface area contributed by atoms with Crippen LogP contribution in [-0.4, -0.2) is 24.1 Å². The van der Waals surface area contributed by atoms with Crippen molar-refractivity contribution in [3.05, 3.63) is 32.8 Å². The fourth-order valence-electron chi connectivity index (χ4n) is 2.00. The lowest BCUT2D eigenvalue weighted by Gasteiger charge is -2.23. The van der Waals surface area contributed by atoms with Crippen molar-refractivity contribution in [3.63, 3.8) is 0 Å². The second-order valence-corrected chi connectivity index (χ2v) is 5.28. The number of ether oxygens (including phenoxy) is 1. The van der Waals surface area contributed by atoms with E-state index in [9.17, 15) is 10.1 Å². The highest BCUT2D eigenvalue weighted by molar-refractivity contribution is 9.10. The number of rotatable bonds is 4. The number of hydrogen-bond donors (Lipinski definition) is 1. The molecule has 1 aliphatic heterocycles. The fraction of sp³-hybridized carbons (Fsp3) is 0.500. The number of benzene rings is 1. The molecule has 0 aromatic heterocycles. The van der Waals surface area contributed by atoms with Gasteiger partial charge in [-0.3, -0.25) is 10.1 Å². The van der Waals surface area contributed by atoms with Crippen molar-refractivity contribution in [2.45, 2.75) is 25.3 Å². The van der Waals surface area contributed by atoms with Crippen LogP contribution in [0, 0.1) is 10.1 Å². The minimum absolute atomic E-state index is 0.0379. The molecule has 1 heterocycles. The summed E-state index contributed by atoms with van der Waals surface area (Å²) in [6, 6.07) is 5.01. The van der Waals surface area contributed by atoms with Gasteiger partial charge in [0.15, 0.2) is 0 Å². The van der Waals surface area contributed by atoms with E-state index in [-0.39, 0.29) is 5.69 Å². The van der Waals surface area contributed by atoms with Crippen molar-refractivity contribution in [2.75, 3.05) is 13.2 Å². The Balaban J connectivity index is 1.97. The predicted molar refractivity (Wildman–Crippen MR) is 71.9 cm³/mol. The normalized spacial score (nSPS) is 19.5. The summed E-state index contributed by atoms with van der Waals surface area (Å²) < 4.78 is 6.28. The molecule has 1 aliphatic rings. The maximum Gasteiger partial charge on any atom is 0.274 e. The SMILES string of the molecule is O=[N+]([O-])c1cc(Br)cc(OCC2CCCCN2)c1. The highest BCUT2D eigenvalue weighted by atomic mass is 79.9. The molecule has 0 radical (unpaired) electrons. The van der Waals surface area contributed by atoms with Crippen LogP contribution in [0.25, 0.3) is 0 Å². The third kappa shape index (κ3) is 3.68. The molecule has 1 aromatic carbocycles. The van der Waals surface area contributed by atoms with E-state index in [2.05, 4.69) is 21.2 Å². The van der Waals surface area contributed by atoms with Crippen LogP contribution in [0.4, 0.5) is 5.69 Å². The van der Waals surface area contributed by atoms with E-state index in [1.807, 2.05) is 0 Å². The van der Waals surface area contributed by atoms with Crippen molar-refractivity contribution >= 4 is 21.6 Å². The Kier molecular flexibility index (Phi) is 4.54. The Morgan fingerprint density at radius 1 is 1.44 bits per heavy atom. The molecule has 1 atom stereocenters. The molecule has 2 rings (SSSR count). The van der Waals surface area contributed by atoms with Crippen molar-refractivity contribution in [2.24, 2.45) is 0 Å². The van der Waals surface area contributed by atoms with Crippen LogP contribution in [0.2, 0.25) is 0 Å². The molecule has 0 bridgehead atoms. The highest BCUT2D eigenvalue weighted by Gasteiger charge is 2.14. The van der Waals surface area contributed by atoms with E-state index in [1.165, 1.54) is 25.0 Å². The third-order valence-corrected chi connectivity index (χ3v) is 3.39. The minimum Gasteiger partial charge on any atom is -0.492 e. The molecule has 5 nitrogen and oxygen atoms in total. The summed E-state index contributed by atoms with van der Waals surface area (Å²) in [4.78, 5) is 10.3. The summed E-state index contributed by atoms with van der Waals surface area (Å²) in [5.41, 5.74) is 0.0379. The molecule has 0 spiro atoms. The maximum absolute atomic E-state index is 10.7. The average Bonchev–Trinajstić information content (AvgIpc) is 2.37. The summed E-state index contributed by atoms with van der Waals surface area (Å²) in [6.07, 6.45) is 3.51. The van der Waals surface area contributed by atoms with Gasteiger partial charge in [0.2, 0.25) is 0 Å².